The Labute approximate surface area is 300 Å². The van der Waals surface area contributed by atoms with Crippen LogP contribution in [0, 0.1) is 0 Å². The molecule has 1 saturated carbocycles. The van der Waals surface area contributed by atoms with Crippen molar-refractivity contribution >= 4 is 0 Å². The molecule has 0 unspecified atom stereocenters. The Morgan fingerprint density at radius 3 is 1.65 bits per heavy atom. The van der Waals surface area contributed by atoms with E-state index in [2.05, 4.69) is 135 Å². The lowest BCUT2D eigenvalue weighted by atomic mass is 9.67. The molecule has 0 radical (unpaired) electrons. The lowest BCUT2D eigenvalue weighted by Crippen LogP contribution is -2.28. The van der Waals surface area contributed by atoms with E-state index in [9.17, 15) is 0 Å². The molecule has 0 atom stereocenters. The average molecular weight is 657 g/mol. The van der Waals surface area contributed by atoms with E-state index in [1.165, 1.54) is 82.2 Å². The number of hydrogen-bond donors (Lipinski definition) is 0. The van der Waals surface area contributed by atoms with Gasteiger partial charge >= 0.3 is 0 Å². The van der Waals surface area contributed by atoms with Gasteiger partial charge in [-0.25, -0.2) is 9.97 Å². The van der Waals surface area contributed by atoms with Crippen molar-refractivity contribution in [3.05, 3.63) is 168 Å². The van der Waals surface area contributed by atoms with Crippen molar-refractivity contribution < 1.29 is 0 Å². The molecule has 6 aromatic carbocycles. The number of benzene rings is 6. The Kier molecular flexibility index (Phi) is 6.80. The van der Waals surface area contributed by atoms with Crippen LogP contribution in [0.1, 0.15) is 68.2 Å². The zero-order valence-corrected chi connectivity index (χ0v) is 29.3. The lowest BCUT2D eigenvalue weighted by molar-refractivity contribution is 0.353. The molecular formula is C49H40N2. The molecule has 0 amide bonds. The Hall–Kier alpha value is -5.60. The SMILES string of the molecule is CC1(C)c2ccccc2-c2cc3c(cc21)-c1ccc(-c2ccc(-c4cc(-c5ccccc5)nc(-c5ccccc5)n4)cc2)cc1C31CCCCC1. The van der Waals surface area contributed by atoms with Crippen LogP contribution in [0.2, 0.25) is 0 Å². The third-order valence-electron chi connectivity index (χ3n) is 12.1. The summed E-state index contributed by atoms with van der Waals surface area (Å²) < 4.78 is 0. The zero-order valence-electron chi connectivity index (χ0n) is 29.3. The normalized spacial score (nSPS) is 16.0. The average Bonchev–Trinajstić information content (AvgIpc) is 3.58. The molecule has 0 bridgehead atoms. The first-order valence-electron chi connectivity index (χ1n) is 18.5. The molecule has 1 fully saturated rings. The van der Waals surface area contributed by atoms with Gasteiger partial charge in [-0.1, -0.05) is 154 Å². The van der Waals surface area contributed by atoms with Gasteiger partial charge in [-0.3, -0.25) is 0 Å². The monoisotopic (exact) mass is 656 g/mol. The molecule has 1 aromatic heterocycles. The van der Waals surface area contributed by atoms with Crippen molar-refractivity contribution in [3.8, 4) is 67.3 Å². The van der Waals surface area contributed by atoms with Gasteiger partial charge in [0.2, 0.25) is 0 Å². The summed E-state index contributed by atoms with van der Waals surface area (Å²) in [6.45, 7) is 4.80. The van der Waals surface area contributed by atoms with Crippen LogP contribution in [0.25, 0.3) is 67.3 Å². The molecule has 1 heterocycles. The van der Waals surface area contributed by atoms with Gasteiger partial charge in [0.05, 0.1) is 11.4 Å². The van der Waals surface area contributed by atoms with Crippen LogP contribution in [0.5, 0.6) is 0 Å². The molecular weight excluding hydrogens is 617 g/mol. The summed E-state index contributed by atoms with van der Waals surface area (Å²) in [7, 11) is 0. The number of fused-ring (bicyclic) bond motifs is 8. The van der Waals surface area contributed by atoms with Crippen molar-refractivity contribution in [1.29, 1.82) is 0 Å². The molecule has 0 saturated heterocycles. The highest BCUT2D eigenvalue weighted by Gasteiger charge is 2.46. The predicted molar refractivity (Wildman–Crippen MR) is 211 cm³/mol. The van der Waals surface area contributed by atoms with E-state index < -0.39 is 0 Å². The van der Waals surface area contributed by atoms with Gasteiger partial charge in [0.25, 0.3) is 0 Å². The van der Waals surface area contributed by atoms with E-state index in [1.807, 2.05) is 24.3 Å². The van der Waals surface area contributed by atoms with E-state index in [0.29, 0.717) is 0 Å². The number of aromatic nitrogens is 2. The second kappa shape index (κ2) is 11.5. The quantitative estimate of drug-likeness (QED) is 0.188. The fourth-order valence-corrected chi connectivity index (χ4v) is 9.46. The first-order valence-corrected chi connectivity index (χ1v) is 18.5. The van der Waals surface area contributed by atoms with Gasteiger partial charge in [0.15, 0.2) is 5.82 Å². The molecule has 2 nitrogen and oxygen atoms in total. The second-order valence-corrected chi connectivity index (χ2v) is 15.3. The van der Waals surface area contributed by atoms with Gasteiger partial charge in [-0.15, -0.1) is 0 Å². The van der Waals surface area contributed by atoms with Crippen LogP contribution in [-0.2, 0) is 10.8 Å². The predicted octanol–water partition coefficient (Wildman–Crippen LogP) is 12.7. The zero-order chi connectivity index (χ0) is 34.2. The van der Waals surface area contributed by atoms with Gasteiger partial charge in [0, 0.05) is 27.5 Å². The van der Waals surface area contributed by atoms with Crippen molar-refractivity contribution in [2.45, 2.75) is 56.8 Å². The van der Waals surface area contributed by atoms with Crippen LogP contribution in [-0.4, -0.2) is 9.97 Å². The van der Waals surface area contributed by atoms with Crippen molar-refractivity contribution in [2.24, 2.45) is 0 Å². The summed E-state index contributed by atoms with van der Waals surface area (Å²) in [5, 5.41) is 0. The number of hydrogen-bond acceptors (Lipinski definition) is 2. The molecule has 51 heavy (non-hydrogen) atoms. The fraction of sp³-hybridized carbons (Fsp3) is 0.184. The highest BCUT2D eigenvalue weighted by atomic mass is 14.9. The maximum atomic E-state index is 5.07. The summed E-state index contributed by atoms with van der Waals surface area (Å²) >= 11 is 0. The molecule has 3 aliphatic carbocycles. The Balaban J connectivity index is 1.05. The lowest BCUT2D eigenvalue weighted by Gasteiger charge is -2.36. The second-order valence-electron chi connectivity index (χ2n) is 15.3. The maximum Gasteiger partial charge on any atom is 0.160 e. The third-order valence-corrected chi connectivity index (χ3v) is 12.1. The van der Waals surface area contributed by atoms with Gasteiger partial charge in [-0.2, -0.15) is 0 Å². The van der Waals surface area contributed by atoms with Crippen LogP contribution < -0.4 is 0 Å². The number of nitrogens with zero attached hydrogens (tertiary/aromatic N) is 2. The van der Waals surface area contributed by atoms with Gasteiger partial charge < -0.3 is 0 Å². The van der Waals surface area contributed by atoms with Crippen molar-refractivity contribution in [1.82, 2.24) is 9.97 Å². The largest absolute Gasteiger partial charge is 0.228 e. The van der Waals surface area contributed by atoms with Crippen molar-refractivity contribution in [2.75, 3.05) is 0 Å². The minimum Gasteiger partial charge on any atom is -0.228 e. The van der Waals surface area contributed by atoms with Crippen LogP contribution in [0.4, 0.5) is 0 Å². The van der Waals surface area contributed by atoms with Crippen LogP contribution in [0.3, 0.4) is 0 Å². The molecule has 10 rings (SSSR count). The van der Waals surface area contributed by atoms with Gasteiger partial charge in [-0.05, 0) is 92.7 Å². The van der Waals surface area contributed by atoms with Crippen molar-refractivity contribution in [3.63, 3.8) is 0 Å². The minimum absolute atomic E-state index is 0.00147. The Morgan fingerprint density at radius 1 is 0.392 bits per heavy atom. The highest BCUT2D eigenvalue weighted by Crippen LogP contribution is 2.60. The van der Waals surface area contributed by atoms with E-state index in [-0.39, 0.29) is 10.8 Å². The molecule has 7 aromatic rings. The summed E-state index contributed by atoms with van der Waals surface area (Å²) in [6.07, 6.45) is 6.34. The molecule has 246 valence electrons. The molecule has 3 aliphatic rings. The summed E-state index contributed by atoms with van der Waals surface area (Å²) in [5.41, 5.74) is 19.4. The topological polar surface area (TPSA) is 25.8 Å². The van der Waals surface area contributed by atoms with E-state index in [0.717, 1.165) is 33.9 Å². The van der Waals surface area contributed by atoms with Crippen LogP contribution >= 0.6 is 0 Å². The first-order chi connectivity index (χ1) is 25.0. The first kappa shape index (κ1) is 30.2. The summed E-state index contributed by atoms with van der Waals surface area (Å²) in [6, 6.07) is 53.3. The van der Waals surface area contributed by atoms with E-state index in [1.54, 1.807) is 5.56 Å². The number of rotatable bonds is 4. The maximum absolute atomic E-state index is 5.07. The molecule has 2 heteroatoms. The molecule has 0 N–H and O–H groups in total. The van der Waals surface area contributed by atoms with E-state index >= 15 is 0 Å². The van der Waals surface area contributed by atoms with E-state index in [4.69, 9.17) is 9.97 Å². The third kappa shape index (κ3) is 4.69. The Morgan fingerprint density at radius 2 is 0.922 bits per heavy atom. The molecule has 0 aliphatic heterocycles. The smallest absolute Gasteiger partial charge is 0.160 e. The van der Waals surface area contributed by atoms with Gasteiger partial charge in [0.1, 0.15) is 0 Å². The summed E-state index contributed by atoms with van der Waals surface area (Å²) in [5.74, 6) is 0.741. The highest BCUT2D eigenvalue weighted by molar-refractivity contribution is 5.91. The minimum atomic E-state index is -0.00147. The van der Waals surface area contributed by atoms with Crippen LogP contribution in [0.15, 0.2) is 146 Å². The fourth-order valence-electron chi connectivity index (χ4n) is 9.46. The summed E-state index contributed by atoms with van der Waals surface area (Å²) in [4.78, 5) is 10.1. The Bertz CT molecular complexity index is 2390. The standard InChI is InChI=1S/C49H40N2/c1-48(2)41-19-11-10-18-37(41)39-30-44-40(29-42(39)48)38-25-24-36(28-43(38)49(44)26-12-5-13-27-49)32-20-22-34(23-21-32)46-31-45(33-14-6-3-7-15-33)50-47(51-46)35-16-8-4-9-17-35/h3-4,6-11,14-25,28-31H,5,12-13,26-27H2,1-2H3. The molecule has 1 spiro atoms.